The topological polar surface area (TPSA) is 111 Å². The SMILES string of the molecule is CCOC(=O)C1=C(c2ccccc2)N=c2s/c(=C\c3ccc(-c4ccc(C(=O)O)c(Cl)c4)o3)c(=O)n2[C@H]1c1ccccc1. The second-order valence-corrected chi connectivity index (χ2v) is 11.0. The van der Waals surface area contributed by atoms with Gasteiger partial charge in [0.1, 0.15) is 11.5 Å². The Morgan fingerprint density at radius 3 is 2.42 bits per heavy atom. The van der Waals surface area contributed by atoms with Gasteiger partial charge >= 0.3 is 11.9 Å². The quantitative estimate of drug-likeness (QED) is 0.242. The number of esters is 1. The zero-order valence-electron chi connectivity index (χ0n) is 22.7. The molecule has 0 amide bonds. The Bertz CT molecular complexity index is 2080. The minimum Gasteiger partial charge on any atom is -0.478 e. The molecule has 0 bridgehead atoms. The summed E-state index contributed by atoms with van der Waals surface area (Å²) in [5.74, 6) is -0.808. The first kappa shape index (κ1) is 28.1. The third-order valence-electron chi connectivity index (χ3n) is 6.87. The van der Waals surface area contributed by atoms with Crippen LogP contribution in [0, 0.1) is 0 Å². The van der Waals surface area contributed by atoms with Crippen molar-refractivity contribution < 1.29 is 23.8 Å². The van der Waals surface area contributed by atoms with E-state index in [1.807, 2.05) is 60.7 Å². The first-order chi connectivity index (χ1) is 20.9. The van der Waals surface area contributed by atoms with Gasteiger partial charge in [0.05, 0.1) is 39.0 Å². The third kappa shape index (κ3) is 5.36. The van der Waals surface area contributed by atoms with E-state index in [-0.39, 0.29) is 28.3 Å². The molecule has 8 nitrogen and oxygen atoms in total. The standard InChI is InChI=1S/C33H23ClN2O6S/c1-2-41-32(40)27-28(19-9-5-3-6-10-19)35-33-36(29(27)20-11-7-4-8-12-20)30(37)26(43-33)18-22-14-16-25(42-22)21-13-15-23(31(38)39)24(34)17-21/h3-18,29H,2H2,1H3,(H,38,39)/b26-18-/t29-/m0/s1. The van der Waals surface area contributed by atoms with Crippen molar-refractivity contribution in [3.8, 4) is 11.3 Å². The molecule has 1 atom stereocenters. The number of aromatic carboxylic acids is 1. The lowest BCUT2D eigenvalue weighted by atomic mass is 9.93. The average Bonchev–Trinajstić information content (AvgIpc) is 3.61. The zero-order valence-corrected chi connectivity index (χ0v) is 24.3. The summed E-state index contributed by atoms with van der Waals surface area (Å²) < 4.78 is 13.4. The molecule has 0 saturated carbocycles. The predicted octanol–water partition coefficient (Wildman–Crippen LogP) is 5.55. The van der Waals surface area contributed by atoms with Crippen molar-refractivity contribution in [3.05, 3.63) is 144 Å². The minimum atomic E-state index is -1.12. The van der Waals surface area contributed by atoms with Gasteiger partial charge in [-0.2, -0.15) is 0 Å². The molecule has 214 valence electrons. The van der Waals surface area contributed by atoms with E-state index in [4.69, 9.17) is 25.7 Å². The van der Waals surface area contributed by atoms with Gasteiger partial charge in [0.2, 0.25) is 0 Å². The van der Waals surface area contributed by atoms with Crippen molar-refractivity contribution in [1.29, 1.82) is 0 Å². The zero-order chi connectivity index (χ0) is 30.1. The van der Waals surface area contributed by atoms with E-state index in [0.717, 1.165) is 11.1 Å². The van der Waals surface area contributed by atoms with Crippen molar-refractivity contribution in [2.75, 3.05) is 6.61 Å². The van der Waals surface area contributed by atoms with Crippen LogP contribution in [0.5, 0.6) is 0 Å². The van der Waals surface area contributed by atoms with Crippen LogP contribution in [0.1, 0.15) is 40.2 Å². The Morgan fingerprint density at radius 1 is 1.02 bits per heavy atom. The Labute approximate surface area is 254 Å². The number of aromatic nitrogens is 1. The van der Waals surface area contributed by atoms with Crippen molar-refractivity contribution in [2.45, 2.75) is 13.0 Å². The number of nitrogens with zero attached hydrogens (tertiary/aromatic N) is 2. The number of hydrogen-bond acceptors (Lipinski definition) is 7. The summed E-state index contributed by atoms with van der Waals surface area (Å²) >= 11 is 7.33. The van der Waals surface area contributed by atoms with E-state index in [9.17, 15) is 19.5 Å². The van der Waals surface area contributed by atoms with Crippen LogP contribution in [0.3, 0.4) is 0 Å². The van der Waals surface area contributed by atoms with Gasteiger partial charge in [-0.1, -0.05) is 89.7 Å². The number of carboxylic acids is 1. The molecule has 1 aliphatic rings. The average molecular weight is 611 g/mol. The number of carbonyl (C=O) groups excluding carboxylic acids is 1. The number of carboxylic acid groups (broad SMARTS) is 1. The highest BCUT2D eigenvalue weighted by molar-refractivity contribution is 7.07. The molecule has 6 rings (SSSR count). The monoisotopic (exact) mass is 610 g/mol. The fourth-order valence-electron chi connectivity index (χ4n) is 4.95. The summed E-state index contributed by atoms with van der Waals surface area (Å²) in [7, 11) is 0. The molecule has 0 unspecified atom stereocenters. The van der Waals surface area contributed by atoms with E-state index >= 15 is 0 Å². The molecular formula is C33H23ClN2O6S. The van der Waals surface area contributed by atoms with Gasteiger partial charge in [-0.3, -0.25) is 9.36 Å². The van der Waals surface area contributed by atoms with Gasteiger partial charge < -0.3 is 14.3 Å². The lowest BCUT2D eigenvalue weighted by molar-refractivity contribution is -0.138. The van der Waals surface area contributed by atoms with E-state index < -0.39 is 18.0 Å². The van der Waals surface area contributed by atoms with Gasteiger partial charge in [-0.15, -0.1) is 0 Å². The van der Waals surface area contributed by atoms with Crippen LogP contribution < -0.4 is 14.9 Å². The number of carbonyl (C=O) groups is 2. The van der Waals surface area contributed by atoms with Crippen LogP contribution in [0.15, 0.2) is 111 Å². The maximum absolute atomic E-state index is 14.0. The largest absolute Gasteiger partial charge is 0.478 e. The number of hydrogen-bond donors (Lipinski definition) is 1. The number of rotatable bonds is 7. The van der Waals surface area contributed by atoms with Gasteiger partial charge in [-0.05, 0) is 36.8 Å². The molecular weight excluding hydrogens is 588 g/mol. The number of halogens is 1. The van der Waals surface area contributed by atoms with Crippen LogP contribution in [-0.2, 0) is 9.53 Å². The first-order valence-corrected chi connectivity index (χ1v) is 14.5. The van der Waals surface area contributed by atoms with Crippen molar-refractivity contribution in [3.63, 3.8) is 0 Å². The molecule has 2 aromatic heterocycles. The normalized spacial score (nSPS) is 14.7. The van der Waals surface area contributed by atoms with Crippen molar-refractivity contribution in [2.24, 2.45) is 4.99 Å². The van der Waals surface area contributed by atoms with E-state index in [1.54, 1.807) is 31.2 Å². The number of thiazole rings is 1. The molecule has 1 N–H and O–H groups in total. The van der Waals surface area contributed by atoms with Crippen LogP contribution in [0.4, 0.5) is 0 Å². The fourth-order valence-corrected chi connectivity index (χ4v) is 6.19. The molecule has 0 spiro atoms. The Balaban J connectivity index is 1.51. The summed E-state index contributed by atoms with van der Waals surface area (Å²) in [6.07, 6.45) is 1.62. The molecule has 3 aromatic carbocycles. The predicted molar refractivity (Wildman–Crippen MR) is 164 cm³/mol. The fraction of sp³-hybridized carbons (Fsp3) is 0.0909. The van der Waals surface area contributed by atoms with Crippen LogP contribution in [0.2, 0.25) is 5.02 Å². The Hall–Kier alpha value is -4.99. The third-order valence-corrected chi connectivity index (χ3v) is 8.17. The molecule has 1 aliphatic heterocycles. The van der Waals surface area contributed by atoms with E-state index in [2.05, 4.69) is 0 Å². The maximum Gasteiger partial charge on any atom is 0.338 e. The summed E-state index contributed by atoms with van der Waals surface area (Å²) in [6.45, 7) is 1.90. The molecule has 0 radical (unpaired) electrons. The van der Waals surface area contributed by atoms with Crippen LogP contribution in [0.25, 0.3) is 23.1 Å². The minimum absolute atomic E-state index is 0.0108. The van der Waals surface area contributed by atoms with Gasteiger partial charge in [-0.25, -0.2) is 14.6 Å². The highest BCUT2D eigenvalue weighted by atomic mass is 35.5. The summed E-state index contributed by atoms with van der Waals surface area (Å²) in [5.41, 5.74) is 2.44. The summed E-state index contributed by atoms with van der Waals surface area (Å²) in [6, 6.07) is 25.9. The first-order valence-electron chi connectivity index (χ1n) is 13.3. The second kappa shape index (κ2) is 11.7. The molecule has 10 heteroatoms. The van der Waals surface area contributed by atoms with Gasteiger partial charge in [0.15, 0.2) is 4.80 Å². The second-order valence-electron chi connectivity index (χ2n) is 9.54. The number of benzene rings is 3. The molecule has 5 aromatic rings. The number of furan rings is 1. The summed E-state index contributed by atoms with van der Waals surface area (Å²) in [5, 5.41) is 9.34. The van der Waals surface area contributed by atoms with E-state index in [1.165, 1.54) is 28.0 Å². The number of fused-ring (bicyclic) bond motifs is 1. The van der Waals surface area contributed by atoms with Gasteiger partial charge in [0, 0.05) is 17.2 Å². The lowest BCUT2D eigenvalue weighted by Crippen LogP contribution is -2.39. The van der Waals surface area contributed by atoms with Crippen molar-refractivity contribution >= 4 is 46.6 Å². The lowest BCUT2D eigenvalue weighted by Gasteiger charge is -2.25. The molecule has 0 fully saturated rings. The Kier molecular flexibility index (Phi) is 7.67. The molecule has 43 heavy (non-hydrogen) atoms. The number of ether oxygens (including phenoxy) is 1. The van der Waals surface area contributed by atoms with Crippen LogP contribution >= 0.6 is 22.9 Å². The maximum atomic E-state index is 14.0. The van der Waals surface area contributed by atoms with Crippen molar-refractivity contribution in [1.82, 2.24) is 4.57 Å². The molecule has 0 saturated heterocycles. The smallest absolute Gasteiger partial charge is 0.338 e. The molecule has 3 heterocycles. The highest BCUT2D eigenvalue weighted by Gasteiger charge is 2.35. The van der Waals surface area contributed by atoms with E-state index in [0.29, 0.717) is 32.1 Å². The Morgan fingerprint density at radius 2 is 1.74 bits per heavy atom. The van der Waals surface area contributed by atoms with Gasteiger partial charge in [0.25, 0.3) is 5.56 Å². The highest BCUT2D eigenvalue weighted by Crippen LogP contribution is 2.35. The van der Waals surface area contributed by atoms with Crippen LogP contribution in [-0.4, -0.2) is 28.2 Å². The molecule has 0 aliphatic carbocycles. The summed E-state index contributed by atoms with van der Waals surface area (Å²) in [4.78, 5) is 44.1.